The Morgan fingerprint density at radius 1 is 0.488 bits per heavy atom. The molecule has 4 heteroatoms. The van der Waals surface area contributed by atoms with Gasteiger partial charge >= 0.3 is 0 Å². The fourth-order valence-corrected chi connectivity index (χ4v) is 8.67. The van der Waals surface area contributed by atoms with Crippen molar-refractivity contribution in [1.82, 2.24) is 4.98 Å². The molecule has 6 aromatic carbocycles. The van der Waals surface area contributed by atoms with Crippen LogP contribution in [0.4, 0.5) is 0 Å². The summed E-state index contributed by atoms with van der Waals surface area (Å²) in [6, 6.07) is 49.0. The van der Waals surface area contributed by atoms with Gasteiger partial charge in [-0.15, -0.1) is 0 Å². The molecule has 0 aliphatic rings. The smallest absolute Gasteiger partial charge is 0.172 e. The van der Waals surface area contributed by atoms with Crippen LogP contribution >= 0.6 is 7.14 Å². The van der Waals surface area contributed by atoms with E-state index < -0.39 is 7.14 Å². The van der Waals surface area contributed by atoms with Gasteiger partial charge < -0.3 is 8.98 Å². The monoisotopic (exact) mass is 571 g/mol. The molecule has 0 fully saturated rings. The molecular weight excluding hydrogens is 545 g/mol. The van der Waals surface area contributed by atoms with Gasteiger partial charge in [-0.05, 0) is 46.2 Å². The second kappa shape index (κ2) is 10.2. The lowest BCUT2D eigenvalue weighted by Gasteiger charge is -2.20. The fraction of sp³-hybridized carbons (Fsp3) is 0. The number of hydrogen-bond acceptors (Lipinski definition) is 3. The molecule has 2 heterocycles. The number of nitrogens with zero attached hydrogens (tertiary/aromatic N) is 1. The minimum atomic E-state index is -3.16. The molecular formula is C39H26NO2P. The van der Waals surface area contributed by atoms with Crippen LogP contribution in [-0.2, 0) is 4.57 Å². The first-order chi connectivity index (χ1) is 21.2. The van der Waals surface area contributed by atoms with Crippen molar-refractivity contribution in [3.63, 3.8) is 0 Å². The summed E-state index contributed by atoms with van der Waals surface area (Å²) in [7, 11) is -3.16. The summed E-state index contributed by atoms with van der Waals surface area (Å²) in [6.07, 6.45) is 3.56. The van der Waals surface area contributed by atoms with Gasteiger partial charge in [0.2, 0.25) is 0 Å². The van der Waals surface area contributed by atoms with Gasteiger partial charge in [-0.2, -0.15) is 0 Å². The van der Waals surface area contributed by atoms with Crippen LogP contribution in [0.3, 0.4) is 0 Å². The summed E-state index contributed by atoms with van der Waals surface area (Å²) in [5.41, 5.74) is 5.71. The quantitative estimate of drug-likeness (QED) is 0.194. The predicted octanol–water partition coefficient (Wildman–Crippen LogP) is 9.11. The maximum absolute atomic E-state index is 15.0. The molecule has 3 nitrogen and oxygen atoms in total. The third kappa shape index (κ3) is 4.29. The number of para-hydroxylation sites is 1. The van der Waals surface area contributed by atoms with Crippen molar-refractivity contribution >= 4 is 55.8 Å². The molecule has 8 aromatic rings. The van der Waals surface area contributed by atoms with Gasteiger partial charge in [0, 0.05) is 50.2 Å². The first kappa shape index (κ1) is 25.5. The van der Waals surface area contributed by atoms with Gasteiger partial charge in [-0.25, -0.2) is 0 Å². The van der Waals surface area contributed by atoms with Gasteiger partial charge in [-0.3, -0.25) is 4.98 Å². The number of fused-ring (bicyclic) bond motifs is 4. The second-order valence-corrected chi connectivity index (χ2v) is 13.5. The van der Waals surface area contributed by atoms with E-state index in [9.17, 15) is 4.57 Å². The highest BCUT2D eigenvalue weighted by Gasteiger charge is 2.30. The van der Waals surface area contributed by atoms with E-state index in [-0.39, 0.29) is 0 Å². The maximum atomic E-state index is 15.0. The molecule has 0 saturated carbocycles. The SMILES string of the molecule is O=P(c1ccccc1)(c1ccccc1)c1cncc(-c2cccc3c2oc2ccc(-c4ccc5ccccc5c4)cc23)c1. The average molecular weight is 572 g/mol. The van der Waals surface area contributed by atoms with Gasteiger partial charge in [0.15, 0.2) is 7.14 Å². The number of benzene rings is 6. The van der Waals surface area contributed by atoms with E-state index in [2.05, 4.69) is 77.8 Å². The Morgan fingerprint density at radius 2 is 1.16 bits per heavy atom. The van der Waals surface area contributed by atoms with Crippen LogP contribution < -0.4 is 15.9 Å². The highest BCUT2D eigenvalue weighted by Crippen LogP contribution is 2.43. The van der Waals surface area contributed by atoms with Crippen LogP contribution in [0.5, 0.6) is 0 Å². The summed E-state index contributed by atoms with van der Waals surface area (Å²) in [5, 5.41) is 6.79. The van der Waals surface area contributed by atoms with Gasteiger partial charge in [0.05, 0.1) is 0 Å². The van der Waals surface area contributed by atoms with Crippen molar-refractivity contribution in [2.24, 2.45) is 0 Å². The van der Waals surface area contributed by atoms with Crippen molar-refractivity contribution < 1.29 is 8.98 Å². The lowest BCUT2D eigenvalue weighted by atomic mass is 9.99. The summed E-state index contributed by atoms with van der Waals surface area (Å²) < 4.78 is 21.5. The minimum absolute atomic E-state index is 0.689. The number of rotatable bonds is 5. The van der Waals surface area contributed by atoms with E-state index in [1.807, 2.05) is 79.0 Å². The molecule has 0 N–H and O–H groups in total. The molecule has 204 valence electrons. The fourth-order valence-electron chi connectivity index (χ4n) is 6.04. The van der Waals surface area contributed by atoms with Gasteiger partial charge in [0.1, 0.15) is 11.2 Å². The standard InChI is InChI=1S/C39H26NO2P/c41-43(32-12-3-1-4-13-32,33-14-5-2-6-15-33)34-23-31(25-40-26-34)35-16-9-17-36-37-24-30(20-21-38(37)42-39(35)36)29-19-18-27-10-7-8-11-28(27)22-29/h1-26H. The van der Waals surface area contributed by atoms with E-state index in [1.54, 1.807) is 6.20 Å². The molecule has 0 amide bonds. The molecule has 0 saturated heterocycles. The van der Waals surface area contributed by atoms with Crippen LogP contribution in [0, 0.1) is 0 Å². The highest BCUT2D eigenvalue weighted by atomic mass is 31.2. The first-order valence-electron chi connectivity index (χ1n) is 14.3. The van der Waals surface area contributed by atoms with Crippen molar-refractivity contribution in [3.8, 4) is 22.3 Å². The van der Waals surface area contributed by atoms with Crippen molar-refractivity contribution in [3.05, 3.63) is 158 Å². The lowest BCUT2D eigenvalue weighted by Crippen LogP contribution is -2.25. The highest BCUT2D eigenvalue weighted by molar-refractivity contribution is 7.85. The van der Waals surface area contributed by atoms with E-state index in [0.717, 1.165) is 49.2 Å². The topological polar surface area (TPSA) is 43.1 Å². The number of aromatic nitrogens is 1. The summed E-state index contributed by atoms with van der Waals surface area (Å²) in [5.74, 6) is 0. The molecule has 0 aliphatic carbocycles. The molecule has 0 bridgehead atoms. The zero-order valence-electron chi connectivity index (χ0n) is 23.2. The summed E-state index contributed by atoms with van der Waals surface area (Å²) >= 11 is 0. The van der Waals surface area contributed by atoms with Crippen molar-refractivity contribution in [1.29, 1.82) is 0 Å². The van der Waals surface area contributed by atoms with Crippen molar-refractivity contribution in [2.45, 2.75) is 0 Å². The van der Waals surface area contributed by atoms with Gasteiger partial charge in [-0.1, -0.05) is 121 Å². The Bertz CT molecular complexity index is 2280. The zero-order chi connectivity index (χ0) is 28.8. The van der Waals surface area contributed by atoms with Crippen LogP contribution in [0.25, 0.3) is 55.0 Å². The Balaban J connectivity index is 1.27. The Kier molecular flexibility index (Phi) is 6.06. The first-order valence-corrected chi connectivity index (χ1v) is 16.0. The van der Waals surface area contributed by atoms with Crippen LogP contribution in [0.2, 0.25) is 0 Å². The summed E-state index contributed by atoms with van der Waals surface area (Å²) in [6.45, 7) is 0. The van der Waals surface area contributed by atoms with Crippen LogP contribution in [0.1, 0.15) is 0 Å². The molecule has 0 radical (unpaired) electrons. The van der Waals surface area contributed by atoms with Crippen molar-refractivity contribution in [2.75, 3.05) is 0 Å². The van der Waals surface area contributed by atoms with Crippen LogP contribution in [-0.4, -0.2) is 4.98 Å². The molecule has 0 spiro atoms. The largest absolute Gasteiger partial charge is 0.455 e. The van der Waals surface area contributed by atoms with Crippen LogP contribution in [0.15, 0.2) is 162 Å². The third-order valence-electron chi connectivity index (χ3n) is 8.22. The molecule has 2 aromatic heterocycles. The number of hydrogen-bond donors (Lipinski definition) is 0. The molecule has 43 heavy (non-hydrogen) atoms. The van der Waals surface area contributed by atoms with E-state index in [4.69, 9.17) is 4.42 Å². The molecule has 0 atom stereocenters. The minimum Gasteiger partial charge on any atom is -0.455 e. The molecule has 0 unspecified atom stereocenters. The number of pyridine rings is 1. The zero-order valence-corrected chi connectivity index (χ0v) is 24.1. The van der Waals surface area contributed by atoms with Gasteiger partial charge in [0.25, 0.3) is 0 Å². The number of furan rings is 1. The molecule has 8 rings (SSSR count). The van der Waals surface area contributed by atoms with E-state index >= 15 is 0 Å². The maximum Gasteiger partial charge on any atom is 0.172 e. The molecule has 0 aliphatic heterocycles. The second-order valence-electron chi connectivity index (χ2n) is 10.8. The predicted molar refractivity (Wildman–Crippen MR) is 179 cm³/mol. The van der Waals surface area contributed by atoms with E-state index in [0.29, 0.717) is 5.30 Å². The summed E-state index contributed by atoms with van der Waals surface area (Å²) in [4.78, 5) is 4.60. The normalized spacial score (nSPS) is 11.8. The Hall–Kier alpha value is -5.24. The Labute approximate surface area is 249 Å². The third-order valence-corrected chi connectivity index (χ3v) is 11.2. The Morgan fingerprint density at radius 3 is 1.93 bits per heavy atom. The van der Waals surface area contributed by atoms with E-state index in [1.165, 1.54) is 16.3 Å². The average Bonchev–Trinajstić information content (AvgIpc) is 3.47. The lowest BCUT2D eigenvalue weighted by molar-refractivity contribution is 0.592.